The van der Waals surface area contributed by atoms with Crippen molar-refractivity contribution in [2.75, 3.05) is 31.1 Å². The van der Waals surface area contributed by atoms with Crippen LogP contribution in [0.15, 0.2) is 34.9 Å². The van der Waals surface area contributed by atoms with Gasteiger partial charge in [-0.25, -0.2) is 4.98 Å². The predicted octanol–water partition coefficient (Wildman–Crippen LogP) is 3.37. The second-order valence-electron chi connectivity index (χ2n) is 8.03. The molecule has 1 aromatic carbocycles. The Bertz CT molecular complexity index is 772. The lowest BCUT2D eigenvalue weighted by Gasteiger charge is -2.35. The molecule has 2 heterocycles. The number of rotatable bonds is 5. The van der Waals surface area contributed by atoms with Gasteiger partial charge in [-0.05, 0) is 31.9 Å². The molecule has 4 rings (SSSR count). The van der Waals surface area contributed by atoms with Crippen molar-refractivity contribution in [2.45, 2.75) is 51.6 Å². The number of amides is 1. The van der Waals surface area contributed by atoms with Gasteiger partial charge >= 0.3 is 0 Å². The van der Waals surface area contributed by atoms with Gasteiger partial charge in [-0.1, -0.05) is 37.0 Å². The Morgan fingerprint density at radius 2 is 1.82 bits per heavy atom. The number of nitrogens with zero attached hydrogens (tertiary/aromatic N) is 3. The van der Waals surface area contributed by atoms with Crippen molar-refractivity contribution in [2.24, 2.45) is 0 Å². The molecule has 1 saturated heterocycles. The number of aryl methyl sites for hydroxylation is 1. The molecule has 0 radical (unpaired) electrons. The van der Waals surface area contributed by atoms with Crippen LogP contribution in [0.5, 0.6) is 0 Å². The van der Waals surface area contributed by atoms with E-state index in [4.69, 9.17) is 4.42 Å². The number of piperazine rings is 1. The highest BCUT2D eigenvalue weighted by Crippen LogP contribution is 2.19. The number of nitrogens with one attached hydrogen (secondary N) is 1. The van der Waals surface area contributed by atoms with Crippen molar-refractivity contribution in [3.8, 4) is 0 Å². The Morgan fingerprint density at radius 1 is 1.11 bits per heavy atom. The van der Waals surface area contributed by atoms with E-state index >= 15 is 0 Å². The van der Waals surface area contributed by atoms with Crippen molar-refractivity contribution in [3.63, 3.8) is 0 Å². The summed E-state index contributed by atoms with van der Waals surface area (Å²) < 4.78 is 5.58. The third-order valence-electron chi connectivity index (χ3n) is 5.86. The van der Waals surface area contributed by atoms with Crippen LogP contribution in [-0.4, -0.2) is 48.0 Å². The molecule has 1 aromatic heterocycles. The normalized spacial score (nSPS) is 19.0. The van der Waals surface area contributed by atoms with Gasteiger partial charge in [-0.15, -0.1) is 0 Å². The first-order valence-corrected chi connectivity index (χ1v) is 10.5. The van der Waals surface area contributed by atoms with Crippen LogP contribution in [0, 0.1) is 6.92 Å². The lowest BCUT2D eigenvalue weighted by molar-refractivity contribution is 0.0922. The first-order chi connectivity index (χ1) is 13.7. The second-order valence-corrected chi connectivity index (χ2v) is 8.03. The second kappa shape index (κ2) is 8.78. The minimum absolute atomic E-state index is 0.105. The molecule has 0 spiro atoms. The Kier molecular flexibility index (Phi) is 5.95. The number of anilines is 1. The average molecular weight is 383 g/mol. The summed E-state index contributed by atoms with van der Waals surface area (Å²) in [5.41, 5.74) is 2.97. The molecule has 2 aromatic rings. The van der Waals surface area contributed by atoms with Crippen LogP contribution in [0.1, 0.15) is 54.0 Å². The topological polar surface area (TPSA) is 61.6 Å². The maximum absolute atomic E-state index is 12.4. The summed E-state index contributed by atoms with van der Waals surface area (Å²) in [5.74, 6) is 0.517. The van der Waals surface area contributed by atoms with Gasteiger partial charge in [0.2, 0.25) is 5.89 Å². The Morgan fingerprint density at radius 3 is 2.54 bits per heavy atom. The third-order valence-corrected chi connectivity index (χ3v) is 5.86. The van der Waals surface area contributed by atoms with E-state index in [-0.39, 0.29) is 11.9 Å². The van der Waals surface area contributed by atoms with Gasteiger partial charge in [0.15, 0.2) is 5.69 Å². The van der Waals surface area contributed by atoms with Crippen LogP contribution in [0.4, 0.5) is 5.69 Å². The minimum atomic E-state index is -0.105. The summed E-state index contributed by atoms with van der Waals surface area (Å²) in [7, 11) is 0. The molecule has 0 bridgehead atoms. The molecule has 1 aliphatic heterocycles. The van der Waals surface area contributed by atoms with Gasteiger partial charge in [-0.2, -0.15) is 0 Å². The molecule has 6 nitrogen and oxygen atoms in total. The standard InChI is InChI=1S/C22H30N4O2/c1-17-7-9-19(10-8-17)26-13-11-25(12-14-26)15-21-24-20(16-28-21)22(27)23-18-5-3-2-4-6-18/h7-10,16,18H,2-6,11-15H2,1H3,(H,23,27). The zero-order valence-corrected chi connectivity index (χ0v) is 16.7. The number of aromatic nitrogens is 1. The summed E-state index contributed by atoms with van der Waals surface area (Å²) in [6.07, 6.45) is 7.31. The first-order valence-electron chi connectivity index (χ1n) is 10.5. The molecule has 6 heteroatoms. The SMILES string of the molecule is Cc1ccc(N2CCN(Cc3nc(C(=O)NC4CCCCC4)co3)CC2)cc1. The van der Waals surface area contributed by atoms with Gasteiger partial charge in [-0.3, -0.25) is 9.69 Å². The average Bonchev–Trinajstić information content (AvgIpc) is 3.19. The van der Waals surface area contributed by atoms with E-state index in [1.807, 2.05) is 0 Å². The maximum atomic E-state index is 12.4. The van der Waals surface area contributed by atoms with Crippen LogP contribution in [-0.2, 0) is 6.54 Å². The molecule has 2 aliphatic rings. The largest absolute Gasteiger partial charge is 0.447 e. The molecule has 1 aliphatic carbocycles. The lowest BCUT2D eigenvalue weighted by atomic mass is 9.95. The molecule has 150 valence electrons. The number of carbonyl (C=O) groups excluding carboxylic acids is 1. The van der Waals surface area contributed by atoms with Crippen molar-refractivity contribution >= 4 is 11.6 Å². The third kappa shape index (κ3) is 4.73. The van der Waals surface area contributed by atoms with Crippen LogP contribution in [0.25, 0.3) is 0 Å². The Hall–Kier alpha value is -2.34. The van der Waals surface area contributed by atoms with Crippen LogP contribution < -0.4 is 10.2 Å². The van der Waals surface area contributed by atoms with Crippen LogP contribution in [0.3, 0.4) is 0 Å². The number of carbonyl (C=O) groups is 1. The van der Waals surface area contributed by atoms with E-state index in [9.17, 15) is 4.79 Å². The molecule has 2 fully saturated rings. The van der Waals surface area contributed by atoms with Crippen molar-refractivity contribution in [1.82, 2.24) is 15.2 Å². The fraction of sp³-hybridized carbons (Fsp3) is 0.545. The number of hydrogen-bond donors (Lipinski definition) is 1. The van der Waals surface area contributed by atoms with E-state index in [1.54, 1.807) is 0 Å². The van der Waals surface area contributed by atoms with Gasteiger partial charge in [0, 0.05) is 37.9 Å². The highest BCUT2D eigenvalue weighted by Gasteiger charge is 2.22. The highest BCUT2D eigenvalue weighted by molar-refractivity contribution is 5.92. The monoisotopic (exact) mass is 382 g/mol. The van der Waals surface area contributed by atoms with Crippen LogP contribution in [0.2, 0.25) is 0 Å². The maximum Gasteiger partial charge on any atom is 0.273 e. The Labute approximate surface area is 166 Å². The van der Waals surface area contributed by atoms with E-state index in [2.05, 4.69) is 51.3 Å². The fourth-order valence-corrected chi connectivity index (χ4v) is 4.11. The Balaban J connectivity index is 1.26. The van der Waals surface area contributed by atoms with Gasteiger partial charge in [0.25, 0.3) is 5.91 Å². The smallest absolute Gasteiger partial charge is 0.273 e. The van der Waals surface area contributed by atoms with Gasteiger partial charge in [0.1, 0.15) is 6.26 Å². The van der Waals surface area contributed by atoms with E-state index in [0.717, 1.165) is 39.0 Å². The first kappa shape index (κ1) is 19.0. The molecule has 0 unspecified atom stereocenters. The molecular weight excluding hydrogens is 352 g/mol. The molecular formula is C22H30N4O2. The summed E-state index contributed by atoms with van der Waals surface area (Å²) in [4.78, 5) is 21.6. The summed E-state index contributed by atoms with van der Waals surface area (Å²) in [5, 5.41) is 3.10. The van der Waals surface area contributed by atoms with E-state index in [0.29, 0.717) is 18.1 Å². The van der Waals surface area contributed by atoms with E-state index < -0.39 is 0 Å². The summed E-state index contributed by atoms with van der Waals surface area (Å²) in [6.45, 7) is 6.65. The van der Waals surface area contributed by atoms with E-state index in [1.165, 1.54) is 36.8 Å². The van der Waals surface area contributed by atoms with Crippen molar-refractivity contribution in [1.29, 1.82) is 0 Å². The van der Waals surface area contributed by atoms with Crippen molar-refractivity contribution < 1.29 is 9.21 Å². The number of benzene rings is 1. The summed E-state index contributed by atoms with van der Waals surface area (Å²) in [6, 6.07) is 8.99. The molecule has 0 atom stereocenters. The van der Waals surface area contributed by atoms with Crippen molar-refractivity contribution in [3.05, 3.63) is 47.7 Å². The minimum Gasteiger partial charge on any atom is -0.447 e. The molecule has 1 amide bonds. The number of oxazole rings is 1. The number of hydrogen-bond acceptors (Lipinski definition) is 5. The molecule has 28 heavy (non-hydrogen) atoms. The predicted molar refractivity (Wildman–Crippen MR) is 110 cm³/mol. The zero-order valence-electron chi connectivity index (χ0n) is 16.7. The molecule has 1 saturated carbocycles. The van der Waals surface area contributed by atoms with Gasteiger partial charge < -0.3 is 14.6 Å². The highest BCUT2D eigenvalue weighted by atomic mass is 16.3. The molecule has 1 N–H and O–H groups in total. The van der Waals surface area contributed by atoms with Gasteiger partial charge in [0.05, 0.1) is 6.54 Å². The van der Waals surface area contributed by atoms with Crippen LogP contribution >= 0.6 is 0 Å². The zero-order chi connectivity index (χ0) is 19.3. The fourth-order valence-electron chi connectivity index (χ4n) is 4.11. The summed E-state index contributed by atoms with van der Waals surface area (Å²) >= 11 is 0. The quantitative estimate of drug-likeness (QED) is 0.859. The lowest BCUT2D eigenvalue weighted by Crippen LogP contribution is -2.46.